The summed E-state index contributed by atoms with van der Waals surface area (Å²) in [6, 6.07) is 7.77. The van der Waals surface area contributed by atoms with Crippen molar-refractivity contribution in [3.63, 3.8) is 0 Å². The van der Waals surface area contributed by atoms with Crippen molar-refractivity contribution >= 4 is 31.5 Å². The van der Waals surface area contributed by atoms with Crippen LogP contribution in [0.1, 0.15) is 16.1 Å². The number of rotatable bonds is 1. The predicted octanol–water partition coefficient (Wildman–Crippen LogP) is 3.01. The van der Waals surface area contributed by atoms with Crippen molar-refractivity contribution in [3.05, 3.63) is 35.5 Å². The number of halogens is 1. The predicted molar refractivity (Wildman–Crippen MR) is 56.3 cm³/mol. The summed E-state index contributed by atoms with van der Waals surface area (Å²) in [5.41, 5.74) is 2.64. The quantitative estimate of drug-likeness (QED) is 0.761. The van der Waals surface area contributed by atoms with Gasteiger partial charge in [-0.3, -0.25) is 4.79 Å². The first-order valence-corrected chi connectivity index (χ1v) is 4.76. The number of carbonyl (C=O) groups is 1. The summed E-state index contributed by atoms with van der Waals surface area (Å²) in [6.07, 6.45) is 0. The van der Waals surface area contributed by atoms with E-state index in [1.807, 2.05) is 31.2 Å². The number of aryl methyl sites for hydroxylation is 1. The molecule has 2 nitrogen and oxygen atoms in total. The molecule has 0 bridgehead atoms. The third-order valence-electron chi connectivity index (χ3n) is 2.09. The van der Waals surface area contributed by atoms with Gasteiger partial charge in [0.15, 0.2) is 0 Å². The van der Waals surface area contributed by atoms with E-state index >= 15 is 0 Å². The number of aromatic amines is 1. The van der Waals surface area contributed by atoms with Crippen LogP contribution in [0.25, 0.3) is 10.9 Å². The van der Waals surface area contributed by atoms with Crippen LogP contribution in [0.3, 0.4) is 0 Å². The van der Waals surface area contributed by atoms with E-state index in [0.29, 0.717) is 0 Å². The third-order valence-corrected chi connectivity index (χ3v) is 2.49. The van der Waals surface area contributed by atoms with E-state index in [-0.39, 0.29) is 4.69 Å². The Bertz CT molecular complexity index is 473. The van der Waals surface area contributed by atoms with Crippen LogP contribution in [0.2, 0.25) is 0 Å². The monoisotopic (exact) mass is 237 g/mol. The Kier molecular flexibility index (Phi) is 1.96. The zero-order valence-corrected chi connectivity index (χ0v) is 8.68. The highest BCUT2D eigenvalue weighted by atomic mass is 79.9. The maximum Gasteiger partial charge on any atom is 0.230 e. The molecular formula is C10H8BrNO. The molecule has 0 aliphatic rings. The molecule has 0 spiro atoms. The van der Waals surface area contributed by atoms with Gasteiger partial charge in [-0.25, -0.2) is 0 Å². The van der Waals surface area contributed by atoms with E-state index in [4.69, 9.17) is 0 Å². The van der Waals surface area contributed by atoms with Gasteiger partial charge in [0.1, 0.15) is 0 Å². The smallest absolute Gasteiger partial charge is 0.230 e. The van der Waals surface area contributed by atoms with Crippen LogP contribution in [-0.2, 0) is 0 Å². The number of hydrogen-bond acceptors (Lipinski definition) is 1. The standard InChI is InChI=1S/C10H8BrNO/c1-6-9(10(11)13)7-4-2-3-5-8(7)12-6/h2-5,12H,1H3. The summed E-state index contributed by atoms with van der Waals surface area (Å²) in [5, 5.41) is 0.974. The molecule has 0 saturated carbocycles. The third kappa shape index (κ3) is 1.29. The molecule has 0 unspecified atom stereocenters. The van der Waals surface area contributed by atoms with E-state index in [9.17, 15) is 4.79 Å². The molecule has 3 heteroatoms. The zero-order chi connectivity index (χ0) is 9.42. The summed E-state index contributed by atoms with van der Waals surface area (Å²) in [4.78, 5) is 14.4. The van der Waals surface area contributed by atoms with Gasteiger partial charge in [0, 0.05) is 16.6 Å². The first kappa shape index (κ1) is 8.51. The molecule has 0 aliphatic heterocycles. The Morgan fingerprint density at radius 3 is 2.77 bits per heavy atom. The average molecular weight is 238 g/mol. The summed E-state index contributed by atoms with van der Waals surface area (Å²) < 4.78 is -0.0672. The fraction of sp³-hybridized carbons (Fsp3) is 0.100. The van der Waals surface area contributed by atoms with Gasteiger partial charge in [0.25, 0.3) is 0 Å². The maximum absolute atomic E-state index is 11.2. The lowest BCUT2D eigenvalue weighted by molar-refractivity contribution is 0.109. The molecule has 0 amide bonds. The van der Waals surface area contributed by atoms with E-state index < -0.39 is 0 Å². The van der Waals surface area contributed by atoms with Crippen LogP contribution >= 0.6 is 15.9 Å². The van der Waals surface area contributed by atoms with Crippen molar-refractivity contribution in [1.29, 1.82) is 0 Å². The van der Waals surface area contributed by atoms with Crippen molar-refractivity contribution in [1.82, 2.24) is 4.98 Å². The van der Waals surface area contributed by atoms with Crippen molar-refractivity contribution in [2.45, 2.75) is 6.92 Å². The molecule has 66 valence electrons. The molecule has 0 aliphatic carbocycles. The molecule has 1 heterocycles. The minimum atomic E-state index is -0.0672. The van der Waals surface area contributed by atoms with E-state index in [1.54, 1.807) is 0 Å². The molecule has 2 rings (SSSR count). The largest absolute Gasteiger partial charge is 0.358 e. The number of benzene rings is 1. The Morgan fingerprint density at radius 2 is 2.08 bits per heavy atom. The Labute approximate surface area is 84.1 Å². The summed E-state index contributed by atoms with van der Waals surface area (Å²) in [7, 11) is 0. The lowest BCUT2D eigenvalue weighted by Gasteiger charge is -1.91. The zero-order valence-electron chi connectivity index (χ0n) is 7.10. The van der Waals surface area contributed by atoms with Crippen LogP contribution in [-0.4, -0.2) is 9.68 Å². The molecule has 1 aromatic carbocycles. The number of nitrogens with one attached hydrogen (secondary N) is 1. The summed E-state index contributed by atoms with van der Waals surface area (Å²) in [5.74, 6) is 0. The van der Waals surface area contributed by atoms with Crippen molar-refractivity contribution < 1.29 is 4.79 Å². The average Bonchev–Trinajstić information content (AvgIpc) is 2.39. The second kappa shape index (κ2) is 3.00. The number of carbonyl (C=O) groups excluding carboxylic acids is 1. The summed E-state index contributed by atoms with van der Waals surface area (Å²) in [6.45, 7) is 1.90. The molecule has 0 saturated heterocycles. The fourth-order valence-electron chi connectivity index (χ4n) is 1.53. The van der Waals surface area contributed by atoms with Crippen molar-refractivity contribution in [2.75, 3.05) is 0 Å². The Balaban J connectivity index is 2.86. The SMILES string of the molecule is Cc1[nH]c2ccccc2c1C(=O)Br. The highest BCUT2D eigenvalue weighted by Gasteiger charge is 2.12. The van der Waals surface area contributed by atoms with Crippen LogP contribution in [0, 0.1) is 6.92 Å². The van der Waals surface area contributed by atoms with Gasteiger partial charge in [-0.05, 0) is 28.9 Å². The van der Waals surface area contributed by atoms with Gasteiger partial charge in [0.2, 0.25) is 4.69 Å². The van der Waals surface area contributed by atoms with Crippen LogP contribution < -0.4 is 0 Å². The second-order valence-electron chi connectivity index (χ2n) is 2.94. The van der Waals surface area contributed by atoms with Crippen molar-refractivity contribution in [3.8, 4) is 0 Å². The number of hydrogen-bond donors (Lipinski definition) is 1. The van der Waals surface area contributed by atoms with Gasteiger partial charge in [0.05, 0.1) is 5.56 Å². The Morgan fingerprint density at radius 1 is 1.38 bits per heavy atom. The van der Waals surface area contributed by atoms with E-state index in [1.165, 1.54) is 0 Å². The molecule has 2 aromatic rings. The minimum Gasteiger partial charge on any atom is -0.358 e. The Hall–Kier alpha value is -1.09. The van der Waals surface area contributed by atoms with Gasteiger partial charge in [-0.2, -0.15) is 0 Å². The first-order chi connectivity index (χ1) is 6.20. The normalized spacial score (nSPS) is 10.6. The van der Waals surface area contributed by atoms with E-state index in [0.717, 1.165) is 22.2 Å². The first-order valence-electron chi connectivity index (χ1n) is 3.97. The molecular weight excluding hydrogens is 230 g/mol. The van der Waals surface area contributed by atoms with E-state index in [2.05, 4.69) is 20.9 Å². The lowest BCUT2D eigenvalue weighted by Crippen LogP contribution is -1.88. The van der Waals surface area contributed by atoms with Gasteiger partial charge in [-0.15, -0.1) is 0 Å². The van der Waals surface area contributed by atoms with Gasteiger partial charge < -0.3 is 4.98 Å². The number of fused-ring (bicyclic) bond motifs is 1. The second-order valence-corrected chi connectivity index (χ2v) is 3.66. The van der Waals surface area contributed by atoms with Crippen LogP contribution in [0.4, 0.5) is 0 Å². The topological polar surface area (TPSA) is 32.9 Å². The van der Waals surface area contributed by atoms with Gasteiger partial charge >= 0.3 is 0 Å². The molecule has 1 N–H and O–H groups in total. The maximum atomic E-state index is 11.2. The highest BCUT2D eigenvalue weighted by Crippen LogP contribution is 2.23. The van der Waals surface area contributed by atoms with Gasteiger partial charge in [-0.1, -0.05) is 18.2 Å². The molecule has 0 radical (unpaired) electrons. The number of para-hydroxylation sites is 1. The molecule has 0 fully saturated rings. The molecule has 0 atom stereocenters. The lowest BCUT2D eigenvalue weighted by atomic mass is 10.1. The summed E-state index contributed by atoms with van der Waals surface area (Å²) >= 11 is 2.97. The number of aromatic nitrogens is 1. The van der Waals surface area contributed by atoms with Crippen LogP contribution in [0.5, 0.6) is 0 Å². The van der Waals surface area contributed by atoms with Crippen molar-refractivity contribution in [2.24, 2.45) is 0 Å². The highest BCUT2D eigenvalue weighted by molar-refractivity contribution is 9.18. The molecule has 1 aromatic heterocycles. The fourth-order valence-corrected chi connectivity index (χ4v) is 2.04. The molecule has 13 heavy (non-hydrogen) atoms. The van der Waals surface area contributed by atoms with Crippen LogP contribution in [0.15, 0.2) is 24.3 Å². The minimum absolute atomic E-state index is 0.0672. The number of H-pyrrole nitrogens is 1.